The Morgan fingerprint density at radius 1 is 0.966 bits per heavy atom. The van der Waals surface area contributed by atoms with E-state index in [0.29, 0.717) is 11.3 Å². The van der Waals surface area contributed by atoms with E-state index in [1.54, 1.807) is 42.2 Å². The summed E-state index contributed by atoms with van der Waals surface area (Å²) in [5.41, 5.74) is 2.20. The van der Waals surface area contributed by atoms with Crippen LogP contribution < -0.4 is 4.90 Å². The van der Waals surface area contributed by atoms with E-state index >= 15 is 0 Å². The maximum atomic E-state index is 13.1. The van der Waals surface area contributed by atoms with Gasteiger partial charge in [-0.3, -0.25) is 4.79 Å². The van der Waals surface area contributed by atoms with Crippen molar-refractivity contribution in [1.29, 1.82) is 0 Å². The van der Waals surface area contributed by atoms with Crippen molar-refractivity contribution < 1.29 is 26.4 Å². The molecule has 5 nitrogen and oxygen atoms in total. The molecular formula is C20H21F3N2O3S. The molecule has 0 atom stereocenters. The number of carbonyl (C=O) groups is 1. The Morgan fingerprint density at radius 2 is 1.62 bits per heavy atom. The Bertz CT molecular complexity index is 1030. The average Bonchev–Trinajstić information content (AvgIpc) is 2.66. The monoisotopic (exact) mass is 426 g/mol. The topological polar surface area (TPSA) is 57.7 Å². The smallest absolute Gasteiger partial charge is 0.368 e. The van der Waals surface area contributed by atoms with Crippen LogP contribution in [0.2, 0.25) is 0 Å². The molecule has 0 aliphatic carbocycles. The van der Waals surface area contributed by atoms with E-state index in [1.165, 1.54) is 12.1 Å². The van der Waals surface area contributed by atoms with Crippen LogP contribution in [0.3, 0.4) is 0 Å². The van der Waals surface area contributed by atoms with Crippen LogP contribution in [0.4, 0.5) is 18.9 Å². The SMILES string of the molecule is Cc1ccc(S(=O)(=O)c2cccc(N3CCN(C(=O)C(F)(F)F)CC3)c2)c(C)c1. The summed E-state index contributed by atoms with van der Waals surface area (Å²) in [5, 5.41) is 0. The second-order valence-corrected chi connectivity index (χ2v) is 8.96. The highest BCUT2D eigenvalue weighted by molar-refractivity contribution is 7.91. The lowest BCUT2D eigenvalue weighted by atomic mass is 10.2. The second kappa shape index (κ2) is 7.70. The summed E-state index contributed by atoms with van der Waals surface area (Å²) in [7, 11) is -3.73. The number of nitrogens with zero attached hydrogens (tertiary/aromatic N) is 2. The number of halogens is 3. The molecule has 156 valence electrons. The maximum Gasteiger partial charge on any atom is 0.471 e. The van der Waals surface area contributed by atoms with Crippen LogP contribution in [0.15, 0.2) is 52.3 Å². The first-order chi connectivity index (χ1) is 13.5. The number of hydrogen-bond donors (Lipinski definition) is 0. The van der Waals surface area contributed by atoms with Gasteiger partial charge in [-0.05, 0) is 43.7 Å². The van der Waals surface area contributed by atoms with Gasteiger partial charge < -0.3 is 9.80 Å². The quantitative estimate of drug-likeness (QED) is 0.756. The molecule has 1 saturated heterocycles. The van der Waals surface area contributed by atoms with Crippen LogP contribution in [0, 0.1) is 13.8 Å². The fraction of sp³-hybridized carbons (Fsp3) is 0.350. The lowest BCUT2D eigenvalue weighted by Gasteiger charge is -2.36. The third-order valence-corrected chi connectivity index (χ3v) is 6.83. The molecule has 9 heteroatoms. The average molecular weight is 426 g/mol. The zero-order chi connectivity index (χ0) is 21.4. The lowest BCUT2D eigenvalue weighted by Crippen LogP contribution is -2.52. The van der Waals surface area contributed by atoms with Crippen LogP contribution >= 0.6 is 0 Å². The molecule has 0 unspecified atom stereocenters. The fourth-order valence-corrected chi connectivity index (χ4v) is 4.94. The van der Waals surface area contributed by atoms with Crippen molar-refractivity contribution in [3.05, 3.63) is 53.6 Å². The largest absolute Gasteiger partial charge is 0.471 e. The van der Waals surface area contributed by atoms with E-state index < -0.39 is 21.9 Å². The summed E-state index contributed by atoms with van der Waals surface area (Å²) in [4.78, 5) is 14.3. The van der Waals surface area contributed by atoms with Gasteiger partial charge in [-0.15, -0.1) is 0 Å². The summed E-state index contributed by atoms with van der Waals surface area (Å²) in [6.45, 7) is 3.84. The molecule has 0 radical (unpaired) electrons. The molecule has 2 aromatic carbocycles. The van der Waals surface area contributed by atoms with Gasteiger partial charge in [0.05, 0.1) is 9.79 Å². The lowest BCUT2D eigenvalue weighted by molar-refractivity contribution is -0.185. The van der Waals surface area contributed by atoms with E-state index in [2.05, 4.69) is 0 Å². The van der Waals surface area contributed by atoms with Gasteiger partial charge in [0, 0.05) is 31.9 Å². The second-order valence-electron chi connectivity index (χ2n) is 7.05. The number of anilines is 1. The van der Waals surface area contributed by atoms with Crippen molar-refractivity contribution in [3.63, 3.8) is 0 Å². The van der Waals surface area contributed by atoms with E-state index in [1.807, 2.05) is 6.92 Å². The molecule has 0 N–H and O–H groups in total. The molecule has 0 spiro atoms. The van der Waals surface area contributed by atoms with E-state index in [9.17, 15) is 26.4 Å². The van der Waals surface area contributed by atoms with Gasteiger partial charge in [0.2, 0.25) is 9.84 Å². The highest BCUT2D eigenvalue weighted by Crippen LogP contribution is 2.28. The first kappa shape index (κ1) is 21.2. The van der Waals surface area contributed by atoms with Crippen molar-refractivity contribution in [3.8, 4) is 0 Å². The third kappa shape index (κ3) is 4.39. The van der Waals surface area contributed by atoms with Crippen molar-refractivity contribution in [2.24, 2.45) is 0 Å². The zero-order valence-electron chi connectivity index (χ0n) is 16.0. The molecule has 1 fully saturated rings. The van der Waals surface area contributed by atoms with Gasteiger partial charge in [-0.25, -0.2) is 8.42 Å². The van der Waals surface area contributed by atoms with Gasteiger partial charge in [0.1, 0.15) is 0 Å². The molecule has 1 aliphatic heterocycles. The summed E-state index contributed by atoms with van der Waals surface area (Å²) < 4.78 is 63.9. The first-order valence-electron chi connectivity index (χ1n) is 9.03. The third-order valence-electron chi connectivity index (χ3n) is 4.92. The van der Waals surface area contributed by atoms with Gasteiger partial charge in [0.25, 0.3) is 0 Å². The van der Waals surface area contributed by atoms with Crippen LogP contribution in [0.1, 0.15) is 11.1 Å². The first-order valence-corrected chi connectivity index (χ1v) is 10.5. The Balaban J connectivity index is 1.81. The predicted octanol–water partition coefficient (Wildman–Crippen LogP) is 3.35. The van der Waals surface area contributed by atoms with Crippen molar-refractivity contribution in [2.75, 3.05) is 31.1 Å². The Hall–Kier alpha value is -2.55. The molecule has 0 saturated carbocycles. The Labute approximate surface area is 167 Å². The van der Waals surface area contributed by atoms with E-state index in [-0.39, 0.29) is 36.0 Å². The number of benzene rings is 2. The summed E-state index contributed by atoms with van der Waals surface area (Å²) in [6, 6.07) is 11.5. The minimum absolute atomic E-state index is 0.0770. The van der Waals surface area contributed by atoms with E-state index in [4.69, 9.17) is 0 Å². The number of piperazine rings is 1. The maximum absolute atomic E-state index is 13.1. The highest BCUT2D eigenvalue weighted by Gasteiger charge is 2.43. The highest BCUT2D eigenvalue weighted by atomic mass is 32.2. The van der Waals surface area contributed by atoms with E-state index in [0.717, 1.165) is 10.5 Å². The van der Waals surface area contributed by atoms with Crippen LogP contribution in [0.25, 0.3) is 0 Å². The number of hydrogen-bond acceptors (Lipinski definition) is 4. The van der Waals surface area contributed by atoms with Gasteiger partial charge in [-0.1, -0.05) is 23.8 Å². The molecule has 1 amide bonds. The van der Waals surface area contributed by atoms with Crippen molar-refractivity contribution in [2.45, 2.75) is 29.8 Å². The molecular weight excluding hydrogens is 405 g/mol. The zero-order valence-corrected chi connectivity index (χ0v) is 16.8. The van der Waals surface area contributed by atoms with Gasteiger partial charge in [0.15, 0.2) is 0 Å². The Morgan fingerprint density at radius 3 is 2.21 bits per heavy atom. The number of amides is 1. The summed E-state index contributed by atoms with van der Waals surface area (Å²) in [5.74, 6) is -1.84. The predicted molar refractivity (Wildman–Crippen MR) is 103 cm³/mol. The number of sulfone groups is 1. The molecule has 1 aliphatic rings. The van der Waals surface area contributed by atoms with Crippen molar-refractivity contribution in [1.82, 2.24) is 4.90 Å². The standard InChI is InChI=1S/C20H21F3N2O3S/c1-14-6-7-18(15(2)12-14)29(27,28)17-5-3-4-16(13-17)24-8-10-25(11-9-24)19(26)20(21,22)23/h3-7,12-13H,8-11H2,1-2H3. The fourth-order valence-electron chi connectivity index (χ4n) is 3.42. The molecule has 0 bridgehead atoms. The van der Waals surface area contributed by atoms with Gasteiger partial charge in [-0.2, -0.15) is 13.2 Å². The number of alkyl halides is 3. The molecule has 0 aromatic heterocycles. The summed E-state index contributed by atoms with van der Waals surface area (Å²) in [6.07, 6.45) is -4.89. The Kier molecular flexibility index (Phi) is 5.62. The van der Waals surface area contributed by atoms with Gasteiger partial charge >= 0.3 is 12.1 Å². The number of aryl methyl sites for hydroxylation is 2. The van der Waals surface area contributed by atoms with Crippen LogP contribution in [0.5, 0.6) is 0 Å². The van der Waals surface area contributed by atoms with Crippen LogP contribution in [-0.4, -0.2) is 51.6 Å². The molecule has 3 rings (SSSR count). The number of carbonyl (C=O) groups excluding carboxylic acids is 1. The minimum Gasteiger partial charge on any atom is -0.368 e. The van der Waals surface area contributed by atoms with Crippen molar-refractivity contribution >= 4 is 21.4 Å². The summed E-state index contributed by atoms with van der Waals surface area (Å²) >= 11 is 0. The molecule has 1 heterocycles. The van der Waals surface area contributed by atoms with Crippen LogP contribution in [-0.2, 0) is 14.6 Å². The normalized spacial score (nSPS) is 15.5. The molecule has 29 heavy (non-hydrogen) atoms. The molecule has 2 aromatic rings. The minimum atomic E-state index is -4.89. The number of rotatable bonds is 3.